The number of rotatable bonds is 1. The summed E-state index contributed by atoms with van der Waals surface area (Å²) in [6, 6.07) is 16.2. The fourth-order valence-corrected chi connectivity index (χ4v) is 2.02. The van der Waals surface area contributed by atoms with Crippen molar-refractivity contribution in [3.63, 3.8) is 0 Å². The molecule has 0 radical (unpaired) electrons. The third-order valence-electron chi connectivity index (χ3n) is 2.67. The van der Waals surface area contributed by atoms with Gasteiger partial charge in [0.1, 0.15) is 0 Å². The Morgan fingerprint density at radius 3 is 2.53 bits per heavy atom. The Labute approximate surface area is 104 Å². The smallest absolute Gasteiger partial charge is 0.222 e. The molecule has 0 N–H and O–H groups in total. The molecule has 0 spiro atoms. The lowest BCUT2D eigenvalue weighted by Gasteiger charge is -2.05. The van der Waals surface area contributed by atoms with Crippen molar-refractivity contribution in [2.24, 2.45) is 0 Å². The Kier molecular flexibility index (Phi) is 2.50. The van der Waals surface area contributed by atoms with Crippen LogP contribution in [0.2, 0.25) is 5.28 Å². The monoisotopic (exact) mass is 240 g/mol. The minimum atomic E-state index is 0.279. The summed E-state index contributed by atoms with van der Waals surface area (Å²) in [5.41, 5.74) is 3.10. The Morgan fingerprint density at radius 1 is 0.882 bits per heavy atom. The predicted octanol–water partition coefficient (Wildman–Crippen LogP) is 3.95. The third-order valence-corrected chi connectivity index (χ3v) is 2.85. The van der Waals surface area contributed by atoms with Gasteiger partial charge in [0.05, 0.1) is 5.52 Å². The highest BCUT2D eigenvalue weighted by Gasteiger charge is 2.05. The van der Waals surface area contributed by atoms with E-state index < -0.39 is 0 Å². The maximum Gasteiger partial charge on any atom is 0.222 e. The van der Waals surface area contributed by atoms with Crippen molar-refractivity contribution in [3.8, 4) is 11.1 Å². The predicted molar refractivity (Wildman–Crippen MR) is 70.0 cm³/mol. The van der Waals surface area contributed by atoms with Gasteiger partial charge in [0.2, 0.25) is 5.28 Å². The Morgan fingerprint density at radius 2 is 1.71 bits per heavy atom. The summed E-state index contributed by atoms with van der Waals surface area (Å²) in [5, 5.41) is 1.27. The van der Waals surface area contributed by atoms with E-state index in [1.807, 2.05) is 36.4 Å². The molecular weight excluding hydrogens is 232 g/mol. The van der Waals surface area contributed by atoms with E-state index in [0.717, 1.165) is 22.0 Å². The van der Waals surface area contributed by atoms with E-state index in [-0.39, 0.29) is 5.28 Å². The zero-order chi connectivity index (χ0) is 11.7. The number of halogens is 1. The van der Waals surface area contributed by atoms with Crippen LogP contribution in [0.15, 0.2) is 54.7 Å². The minimum Gasteiger partial charge on any atom is -0.226 e. The summed E-state index contributed by atoms with van der Waals surface area (Å²) in [7, 11) is 0. The molecule has 2 nitrogen and oxygen atoms in total. The quantitative estimate of drug-likeness (QED) is 0.602. The van der Waals surface area contributed by atoms with E-state index >= 15 is 0 Å². The van der Waals surface area contributed by atoms with Crippen LogP contribution in [0.5, 0.6) is 0 Å². The van der Waals surface area contributed by atoms with Crippen molar-refractivity contribution in [2.75, 3.05) is 0 Å². The van der Waals surface area contributed by atoms with Gasteiger partial charge in [-0.2, -0.15) is 0 Å². The number of benzene rings is 2. The van der Waals surface area contributed by atoms with Crippen LogP contribution in [0.25, 0.3) is 22.0 Å². The molecular formula is C14H9ClN2. The van der Waals surface area contributed by atoms with E-state index in [9.17, 15) is 0 Å². The van der Waals surface area contributed by atoms with Crippen LogP contribution >= 0.6 is 11.6 Å². The highest BCUT2D eigenvalue weighted by molar-refractivity contribution is 6.28. The first-order valence-corrected chi connectivity index (χ1v) is 5.69. The maximum atomic E-state index is 5.86. The highest BCUT2D eigenvalue weighted by atomic mass is 35.5. The number of aromatic nitrogens is 2. The molecule has 0 unspecified atom stereocenters. The van der Waals surface area contributed by atoms with E-state index in [2.05, 4.69) is 22.1 Å². The second-order valence-corrected chi connectivity index (χ2v) is 4.09. The van der Waals surface area contributed by atoms with Crippen LogP contribution in [0, 0.1) is 0 Å². The molecule has 82 valence electrons. The van der Waals surface area contributed by atoms with Gasteiger partial charge in [0.25, 0.3) is 0 Å². The van der Waals surface area contributed by atoms with Crippen molar-refractivity contribution in [1.29, 1.82) is 0 Å². The van der Waals surface area contributed by atoms with Gasteiger partial charge in [-0.15, -0.1) is 0 Å². The lowest BCUT2D eigenvalue weighted by Crippen LogP contribution is -1.87. The zero-order valence-corrected chi connectivity index (χ0v) is 9.72. The summed E-state index contributed by atoms with van der Waals surface area (Å²) in [6.07, 6.45) is 1.75. The molecule has 1 heterocycles. The lowest BCUT2D eigenvalue weighted by molar-refractivity contribution is 1.22. The molecule has 3 aromatic rings. The summed E-state index contributed by atoms with van der Waals surface area (Å²) < 4.78 is 0. The van der Waals surface area contributed by atoms with Gasteiger partial charge in [0.15, 0.2) is 0 Å². The van der Waals surface area contributed by atoms with Gasteiger partial charge in [-0.05, 0) is 17.2 Å². The van der Waals surface area contributed by atoms with Crippen molar-refractivity contribution < 1.29 is 0 Å². The Hall–Kier alpha value is -1.93. The summed E-state index contributed by atoms with van der Waals surface area (Å²) >= 11 is 5.86. The van der Waals surface area contributed by atoms with Gasteiger partial charge < -0.3 is 0 Å². The standard InChI is InChI=1S/C14H9ClN2/c15-14-16-9-11-7-4-8-12(13(11)17-14)10-5-2-1-3-6-10/h1-9H. The number of para-hydroxylation sites is 1. The minimum absolute atomic E-state index is 0.279. The van der Waals surface area contributed by atoms with Gasteiger partial charge in [0, 0.05) is 17.1 Å². The van der Waals surface area contributed by atoms with Gasteiger partial charge in [-0.3, -0.25) is 0 Å². The molecule has 0 atom stereocenters. The number of hydrogen-bond donors (Lipinski definition) is 0. The molecule has 0 bridgehead atoms. The number of fused-ring (bicyclic) bond motifs is 1. The second kappa shape index (κ2) is 4.15. The van der Waals surface area contributed by atoms with Crippen LogP contribution in [0.3, 0.4) is 0 Å². The fourth-order valence-electron chi connectivity index (χ4n) is 1.88. The second-order valence-electron chi connectivity index (χ2n) is 3.75. The van der Waals surface area contributed by atoms with Crippen LogP contribution in [0.4, 0.5) is 0 Å². The van der Waals surface area contributed by atoms with Crippen molar-refractivity contribution in [3.05, 3.63) is 60.0 Å². The highest BCUT2D eigenvalue weighted by Crippen LogP contribution is 2.27. The van der Waals surface area contributed by atoms with Crippen molar-refractivity contribution >= 4 is 22.5 Å². The van der Waals surface area contributed by atoms with Gasteiger partial charge in [-0.1, -0.05) is 48.5 Å². The van der Waals surface area contributed by atoms with Gasteiger partial charge in [-0.25, -0.2) is 9.97 Å². The molecule has 0 aliphatic rings. The van der Waals surface area contributed by atoms with Crippen molar-refractivity contribution in [1.82, 2.24) is 9.97 Å². The van der Waals surface area contributed by atoms with E-state index in [0.29, 0.717) is 0 Å². The average Bonchev–Trinajstić information content (AvgIpc) is 2.39. The molecule has 0 aliphatic heterocycles. The maximum absolute atomic E-state index is 5.86. The molecule has 2 aromatic carbocycles. The number of nitrogens with zero attached hydrogens (tertiary/aromatic N) is 2. The van der Waals surface area contributed by atoms with E-state index in [1.165, 1.54) is 0 Å². The van der Waals surface area contributed by atoms with E-state index in [4.69, 9.17) is 11.6 Å². The molecule has 17 heavy (non-hydrogen) atoms. The number of hydrogen-bond acceptors (Lipinski definition) is 2. The summed E-state index contributed by atoms with van der Waals surface area (Å²) in [4.78, 5) is 8.30. The third kappa shape index (κ3) is 1.87. The molecule has 0 amide bonds. The molecule has 0 saturated carbocycles. The summed E-state index contributed by atoms with van der Waals surface area (Å²) in [6.45, 7) is 0. The van der Waals surface area contributed by atoms with Crippen LogP contribution in [0.1, 0.15) is 0 Å². The summed E-state index contributed by atoms with van der Waals surface area (Å²) in [5.74, 6) is 0. The first-order valence-electron chi connectivity index (χ1n) is 5.31. The van der Waals surface area contributed by atoms with Gasteiger partial charge >= 0.3 is 0 Å². The van der Waals surface area contributed by atoms with Crippen LogP contribution in [-0.2, 0) is 0 Å². The normalized spacial score (nSPS) is 10.6. The van der Waals surface area contributed by atoms with Crippen LogP contribution in [-0.4, -0.2) is 9.97 Å². The fraction of sp³-hybridized carbons (Fsp3) is 0. The van der Waals surface area contributed by atoms with Crippen molar-refractivity contribution in [2.45, 2.75) is 0 Å². The first kappa shape index (κ1) is 10.2. The molecule has 3 heteroatoms. The zero-order valence-electron chi connectivity index (χ0n) is 8.97. The molecule has 0 saturated heterocycles. The molecule has 0 aliphatic carbocycles. The molecule has 3 rings (SSSR count). The molecule has 1 aromatic heterocycles. The Bertz CT molecular complexity index is 665. The SMILES string of the molecule is Clc1ncc2cccc(-c3ccccc3)c2n1. The first-order chi connectivity index (χ1) is 8.34. The lowest BCUT2D eigenvalue weighted by atomic mass is 10.0. The largest absolute Gasteiger partial charge is 0.226 e. The van der Waals surface area contributed by atoms with Crippen LogP contribution < -0.4 is 0 Å². The van der Waals surface area contributed by atoms with E-state index in [1.54, 1.807) is 6.20 Å². The molecule has 0 fully saturated rings. The average molecular weight is 241 g/mol. The topological polar surface area (TPSA) is 25.8 Å². The Balaban J connectivity index is 2.33.